The van der Waals surface area contributed by atoms with Gasteiger partial charge in [0.2, 0.25) is 0 Å². The lowest BCUT2D eigenvalue weighted by atomic mass is 9.88. The van der Waals surface area contributed by atoms with Crippen LogP contribution in [0.1, 0.15) is 19.3 Å². The first-order chi connectivity index (χ1) is 9.23. The summed E-state index contributed by atoms with van der Waals surface area (Å²) in [5, 5.41) is 0. The van der Waals surface area contributed by atoms with Crippen LogP contribution >= 0.6 is 0 Å². The quantitative estimate of drug-likeness (QED) is 0.904. The molecule has 1 aromatic rings. The van der Waals surface area contributed by atoms with Crippen LogP contribution in [0.25, 0.3) is 0 Å². The van der Waals surface area contributed by atoms with E-state index < -0.39 is 0 Å². The molecular formula is C15H24N2O2. The van der Waals surface area contributed by atoms with Crippen molar-refractivity contribution in [3.63, 3.8) is 0 Å². The van der Waals surface area contributed by atoms with Crippen molar-refractivity contribution in [1.82, 2.24) is 0 Å². The van der Waals surface area contributed by atoms with Crippen molar-refractivity contribution in [2.24, 2.45) is 5.73 Å². The molecule has 1 atom stereocenters. The van der Waals surface area contributed by atoms with Crippen molar-refractivity contribution >= 4 is 5.69 Å². The van der Waals surface area contributed by atoms with Crippen LogP contribution in [0.4, 0.5) is 5.69 Å². The number of hydrogen-bond acceptors (Lipinski definition) is 4. The zero-order valence-corrected chi connectivity index (χ0v) is 11.9. The van der Waals surface area contributed by atoms with Crippen molar-refractivity contribution in [3.8, 4) is 5.75 Å². The highest BCUT2D eigenvalue weighted by Gasteiger charge is 2.35. The Labute approximate surface area is 115 Å². The van der Waals surface area contributed by atoms with Crippen molar-refractivity contribution < 1.29 is 9.47 Å². The first kappa shape index (κ1) is 14.2. The molecule has 4 heteroatoms. The molecule has 0 aromatic heterocycles. The lowest BCUT2D eigenvalue weighted by molar-refractivity contribution is 0.139. The average Bonchev–Trinajstić information content (AvgIpc) is 2.72. The first-order valence-corrected chi connectivity index (χ1v) is 6.88. The van der Waals surface area contributed by atoms with Crippen molar-refractivity contribution in [1.29, 1.82) is 0 Å². The molecular weight excluding hydrogens is 240 g/mol. The van der Waals surface area contributed by atoms with E-state index in [0.29, 0.717) is 6.54 Å². The summed E-state index contributed by atoms with van der Waals surface area (Å²) in [6, 6.07) is 8.10. The molecule has 0 saturated carbocycles. The molecule has 106 valence electrons. The third-order valence-corrected chi connectivity index (χ3v) is 4.18. The Morgan fingerprint density at radius 3 is 2.84 bits per heavy atom. The van der Waals surface area contributed by atoms with E-state index in [2.05, 4.69) is 18.0 Å². The minimum absolute atomic E-state index is 0.0366. The lowest BCUT2D eigenvalue weighted by Gasteiger charge is -2.42. The van der Waals surface area contributed by atoms with Crippen LogP contribution in [0, 0.1) is 0 Å². The number of likely N-dealkylation sites (N-methyl/N-ethyl adjacent to an activating group) is 1. The summed E-state index contributed by atoms with van der Waals surface area (Å²) in [7, 11) is 3.81. The summed E-state index contributed by atoms with van der Waals surface area (Å²) in [6.45, 7) is 2.24. The van der Waals surface area contributed by atoms with Crippen LogP contribution < -0.4 is 15.4 Å². The van der Waals surface area contributed by atoms with E-state index >= 15 is 0 Å². The van der Waals surface area contributed by atoms with Crippen molar-refractivity contribution in [2.45, 2.75) is 24.8 Å². The molecule has 1 aromatic carbocycles. The van der Waals surface area contributed by atoms with E-state index in [1.807, 2.05) is 18.2 Å². The number of ether oxygens (including phenoxy) is 2. The maximum Gasteiger partial charge on any atom is 0.142 e. The van der Waals surface area contributed by atoms with Crippen molar-refractivity contribution in [3.05, 3.63) is 24.3 Å². The summed E-state index contributed by atoms with van der Waals surface area (Å²) in [5.74, 6) is 0.892. The Balaban J connectivity index is 2.31. The van der Waals surface area contributed by atoms with Gasteiger partial charge in [0.15, 0.2) is 0 Å². The Hall–Kier alpha value is -1.26. The van der Waals surface area contributed by atoms with Gasteiger partial charge in [-0.05, 0) is 31.4 Å². The molecule has 1 unspecified atom stereocenters. The van der Waals surface area contributed by atoms with Gasteiger partial charge in [0.05, 0.1) is 18.3 Å². The third kappa shape index (κ3) is 2.85. The number of hydrogen-bond donors (Lipinski definition) is 1. The fourth-order valence-corrected chi connectivity index (χ4v) is 2.83. The Bertz CT molecular complexity index is 401. The summed E-state index contributed by atoms with van der Waals surface area (Å²) in [4.78, 5) is 2.28. The number of nitrogens with zero attached hydrogens (tertiary/aromatic N) is 1. The topological polar surface area (TPSA) is 47.7 Å². The molecule has 1 fully saturated rings. The van der Waals surface area contributed by atoms with Crippen LogP contribution in [0.3, 0.4) is 0 Å². The SMILES string of the molecule is COc1ccccc1N(C)C1(CN)CCCOCC1. The Morgan fingerprint density at radius 2 is 2.11 bits per heavy atom. The predicted molar refractivity (Wildman–Crippen MR) is 77.9 cm³/mol. The molecule has 0 bridgehead atoms. The molecule has 1 aliphatic rings. The highest BCUT2D eigenvalue weighted by Crippen LogP contribution is 2.35. The summed E-state index contributed by atoms with van der Waals surface area (Å²) in [5.41, 5.74) is 7.16. The van der Waals surface area contributed by atoms with E-state index in [-0.39, 0.29) is 5.54 Å². The van der Waals surface area contributed by atoms with Gasteiger partial charge in [0.1, 0.15) is 5.75 Å². The maximum absolute atomic E-state index is 6.10. The lowest BCUT2D eigenvalue weighted by Crippen LogP contribution is -2.52. The molecule has 0 amide bonds. The number of anilines is 1. The molecule has 2 rings (SSSR count). The normalized spacial score (nSPS) is 23.7. The first-order valence-electron chi connectivity index (χ1n) is 6.88. The number of para-hydroxylation sites is 2. The molecule has 1 aliphatic heterocycles. The van der Waals surface area contributed by atoms with Crippen LogP contribution in [-0.2, 0) is 4.74 Å². The summed E-state index contributed by atoms with van der Waals surface area (Å²) < 4.78 is 11.0. The molecule has 0 spiro atoms. The van der Waals surface area contributed by atoms with Crippen molar-refractivity contribution in [2.75, 3.05) is 38.8 Å². The Kier molecular flexibility index (Phi) is 4.66. The maximum atomic E-state index is 6.10. The van der Waals surface area contributed by atoms with Crippen LogP contribution in [0.5, 0.6) is 5.75 Å². The fraction of sp³-hybridized carbons (Fsp3) is 0.600. The van der Waals surface area contributed by atoms with E-state index in [4.69, 9.17) is 15.2 Å². The van der Waals surface area contributed by atoms with Crippen LogP contribution in [0.15, 0.2) is 24.3 Å². The van der Waals surface area contributed by atoms with Gasteiger partial charge in [0.25, 0.3) is 0 Å². The number of benzene rings is 1. The predicted octanol–water partition coefficient (Wildman–Crippen LogP) is 2.03. The monoisotopic (exact) mass is 264 g/mol. The number of rotatable bonds is 4. The van der Waals surface area contributed by atoms with E-state index in [1.54, 1.807) is 7.11 Å². The highest BCUT2D eigenvalue weighted by molar-refractivity contribution is 5.59. The van der Waals surface area contributed by atoms with Gasteiger partial charge in [0, 0.05) is 26.8 Å². The van der Waals surface area contributed by atoms with Gasteiger partial charge in [-0.3, -0.25) is 0 Å². The van der Waals surface area contributed by atoms with Gasteiger partial charge < -0.3 is 20.1 Å². The molecule has 1 heterocycles. The van der Waals surface area contributed by atoms with Crippen LogP contribution in [0.2, 0.25) is 0 Å². The second kappa shape index (κ2) is 6.26. The van der Waals surface area contributed by atoms with Gasteiger partial charge in [-0.15, -0.1) is 0 Å². The zero-order valence-electron chi connectivity index (χ0n) is 11.9. The van der Waals surface area contributed by atoms with Crippen LogP contribution in [-0.4, -0.2) is 39.5 Å². The second-order valence-corrected chi connectivity index (χ2v) is 5.13. The summed E-state index contributed by atoms with van der Waals surface area (Å²) in [6.07, 6.45) is 3.06. The molecule has 19 heavy (non-hydrogen) atoms. The largest absolute Gasteiger partial charge is 0.495 e. The summed E-state index contributed by atoms with van der Waals surface area (Å²) >= 11 is 0. The second-order valence-electron chi connectivity index (χ2n) is 5.13. The Morgan fingerprint density at radius 1 is 1.32 bits per heavy atom. The molecule has 0 aliphatic carbocycles. The zero-order chi connectivity index (χ0) is 13.7. The van der Waals surface area contributed by atoms with E-state index in [9.17, 15) is 0 Å². The molecule has 1 saturated heterocycles. The van der Waals surface area contributed by atoms with Gasteiger partial charge in [-0.25, -0.2) is 0 Å². The molecule has 0 radical (unpaired) electrons. The third-order valence-electron chi connectivity index (χ3n) is 4.18. The number of nitrogens with two attached hydrogens (primary N) is 1. The minimum Gasteiger partial charge on any atom is -0.495 e. The smallest absolute Gasteiger partial charge is 0.142 e. The standard InChI is InChI=1S/C15H24N2O2/c1-17(13-6-3-4-7-14(13)18-2)15(12-16)8-5-10-19-11-9-15/h3-4,6-7H,5,8-12,16H2,1-2H3. The molecule has 4 nitrogen and oxygen atoms in total. The minimum atomic E-state index is -0.0366. The van der Waals surface area contributed by atoms with E-state index in [0.717, 1.165) is 43.9 Å². The highest BCUT2D eigenvalue weighted by atomic mass is 16.5. The fourth-order valence-electron chi connectivity index (χ4n) is 2.83. The number of methoxy groups -OCH3 is 1. The van der Waals surface area contributed by atoms with Gasteiger partial charge in [-0.2, -0.15) is 0 Å². The van der Waals surface area contributed by atoms with Gasteiger partial charge in [-0.1, -0.05) is 12.1 Å². The van der Waals surface area contributed by atoms with E-state index in [1.165, 1.54) is 0 Å². The van der Waals surface area contributed by atoms with Gasteiger partial charge >= 0.3 is 0 Å². The molecule has 2 N–H and O–H groups in total. The average molecular weight is 264 g/mol.